The van der Waals surface area contributed by atoms with Gasteiger partial charge in [0.15, 0.2) is 0 Å². The third-order valence-corrected chi connectivity index (χ3v) is 3.98. The Bertz CT molecular complexity index is 702. The number of hydrogen-bond donors (Lipinski definition) is 1. The van der Waals surface area contributed by atoms with Gasteiger partial charge in [-0.25, -0.2) is 9.97 Å². The van der Waals surface area contributed by atoms with Crippen LogP contribution in [0.4, 0.5) is 19.0 Å². The van der Waals surface area contributed by atoms with E-state index in [0.29, 0.717) is 17.0 Å². The standard InChI is InChI=1S/C15H16F3N3O/c1-9-19-13-7-10(15(16,17)18)4-5-12(13)14(20-9)21-6-2-3-11(21)8-22/h4-5,7,11,22H,2-3,6,8H2,1H3/t11-/m0/s1. The molecule has 0 saturated carbocycles. The van der Waals surface area contributed by atoms with Gasteiger partial charge in [0.05, 0.1) is 23.7 Å². The van der Waals surface area contributed by atoms with Gasteiger partial charge in [0.25, 0.3) is 0 Å². The molecule has 7 heteroatoms. The first-order valence-corrected chi connectivity index (χ1v) is 7.13. The smallest absolute Gasteiger partial charge is 0.394 e. The van der Waals surface area contributed by atoms with Crippen LogP contribution in [0.5, 0.6) is 0 Å². The molecule has 1 aliphatic heterocycles. The summed E-state index contributed by atoms with van der Waals surface area (Å²) in [5.41, 5.74) is -0.440. The summed E-state index contributed by atoms with van der Waals surface area (Å²) in [6.45, 7) is 2.40. The predicted octanol–water partition coefficient (Wildman–Crippen LogP) is 2.92. The van der Waals surface area contributed by atoms with Crippen molar-refractivity contribution < 1.29 is 18.3 Å². The van der Waals surface area contributed by atoms with Crippen molar-refractivity contribution >= 4 is 16.7 Å². The molecule has 1 aromatic heterocycles. The van der Waals surface area contributed by atoms with Crippen molar-refractivity contribution in [3.63, 3.8) is 0 Å². The van der Waals surface area contributed by atoms with Gasteiger partial charge in [-0.1, -0.05) is 0 Å². The van der Waals surface area contributed by atoms with Crippen molar-refractivity contribution in [3.8, 4) is 0 Å². The summed E-state index contributed by atoms with van der Waals surface area (Å²) in [5.74, 6) is 1.03. The predicted molar refractivity (Wildman–Crippen MR) is 76.7 cm³/mol. The number of aryl methyl sites for hydroxylation is 1. The second-order valence-corrected chi connectivity index (χ2v) is 5.50. The number of hydrogen-bond acceptors (Lipinski definition) is 4. The summed E-state index contributed by atoms with van der Waals surface area (Å²) >= 11 is 0. The fourth-order valence-corrected chi connectivity index (χ4v) is 2.93. The van der Waals surface area contributed by atoms with E-state index in [1.54, 1.807) is 6.92 Å². The second kappa shape index (κ2) is 5.39. The summed E-state index contributed by atoms with van der Waals surface area (Å²) in [6, 6.07) is 3.48. The maximum atomic E-state index is 12.8. The Morgan fingerprint density at radius 2 is 2.09 bits per heavy atom. The van der Waals surface area contributed by atoms with E-state index < -0.39 is 11.7 Å². The molecule has 1 aliphatic rings. The molecule has 0 spiro atoms. The summed E-state index contributed by atoms with van der Waals surface area (Å²) < 4.78 is 38.5. The first-order valence-electron chi connectivity index (χ1n) is 7.13. The van der Waals surface area contributed by atoms with Gasteiger partial charge in [-0.3, -0.25) is 0 Å². The Balaban J connectivity index is 2.15. The topological polar surface area (TPSA) is 49.2 Å². The largest absolute Gasteiger partial charge is 0.416 e. The van der Waals surface area contributed by atoms with Gasteiger partial charge in [-0.15, -0.1) is 0 Å². The maximum Gasteiger partial charge on any atom is 0.416 e. The van der Waals surface area contributed by atoms with Gasteiger partial charge in [0.1, 0.15) is 11.6 Å². The molecule has 0 bridgehead atoms. The summed E-state index contributed by atoms with van der Waals surface area (Å²) in [4.78, 5) is 10.5. The zero-order valence-corrected chi connectivity index (χ0v) is 12.1. The minimum Gasteiger partial charge on any atom is -0.394 e. The lowest BCUT2D eigenvalue weighted by molar-refractivity contribution is -0.137. The Morgan fingerprint density at radius 1 is 1.32 bits per heavy atom. The van der Waals surface area contributed by atoms with Gasteiger partial charge in [-0.05, 0) is 38.0 Å². The molecule has 1 aromatic carbocycles. The van der Waals surface area contributed by atoms with Crippen LogP contribution in [-0.2, 0) is 6.18 Å². The lowest BCUT2D eigenvalue weighted by atomic mass is 10.1. The number of nitrogens with zero attached hydrogens (tertiary/aromatic N) is 3. The van der Waals surface area contributed by atoms with E-state index in [4.69, 9.17) is 0 Å². The number of benzene rings is 1. The molecule has 0 aliphatic carbocycles. The van der Waals surface area contributed by atoms with E-state index in [-0.39, 0.29) is 18.2 Å². The number of aliphatic hydroxyl groups is 1. The van der Waals surface area contributed by atoms with E-state index in [0.717, 1.165) is 31.5 Å². The lowest BCUT2D eigenvalue weighted by Gasteiger charge is -2.25. The molecule has 1 saturated heterocycles. The highest BCUT2D eigenvalue weighted by atomic mass is 19.4. The Kier molecular flexibility index (Phi) is 3.68. The molecule has 1 fully saturated rings. The second-order valence-electron chi connectivity index (χ2n) is 5.50. The van der Waals surface area contributed by atoms with E-state index in [1.807, 2.05) is 4.90 Å². The molecule has 4 nitrogen and oxygen atoms in total. The molecular formula is C15H16F3N3O. The Morgan fingerprint density at radius 3 is 2.77 bits per heavy atom. The van der Waals surface area contributed by atoms with E-state index in [2.05, 4.69) is 9.97 Å². The zero-order chi connectivity index (χ0) is 15.9. The zero-order valence-electron chi connectivity index (χ0n) is 12.1. The number of anilines is 1. The van der Waals surface area contributed by atoms with Crippen molar-refractivity contribution in [1.29, 1.82) is 0 Å². The third kappa shape index (κ3) is 2.61. The van der Waals surface area contributed by atoms with E-state index in [1.165, 1.54) is 6.07 Å². The Hall–Kier alpha value is -1.89. The summed E-state index contributed by atoms with van der Waals surface area (Å²) in [7, 11) is 0. The average molecular weight is 311 g/mol. The van der Waals surface area contributed by atoms with Crippen molar-refractivity contribution in [2.75, 3.05) is 18.1 Å². The molecule has 22 heavy (non-hydrogen) atoms. The van der Waals surface area contributed by atoms with E-state index in [9.17, 15) is 18.3 Å². The first kappa shape index (κ1) is 15.0. The lowest BCUT2D eigenvalue weighted by Crippen LogP contribution is -2.33. The number of halogens is 3. The molecular weight excluding hydrogens is 295 g/mol. The Labute approximate surface area is 125 Å². The van der Waals surface area contributed by atoms with Gasteiger partial charge >= 0.3 is 6.18 Å². The molecule has 3 rings (SSSR count). The van der Waals surface area contributed by atoms with Crippen LogP contribution in [0.25, 0.3) is 10.9 Å². The minimum atomic E-state index is -4.39. The van der Waals surface area contributed by atoms with Gasteiger partial charge < -0.3 is 10.0 Å². The number of rotatable bonds is 2. The first-order chi connectivity index (χ1) is 10.4. The van der Waals surface area contributed by atoms with Crippen molar-refractivity contribution in [3.05, 3.63) is 29.6 Å². The highest BCUT2D eigenvalue weighted by Crippen LogP contribution is 2.34. The summed E-state index contributed by atoms with van der Waals surface area (Å²) in [6.07, 6.45) is -2.62. The van der Waals surface area contributed by atoms with Gasteiger partial charge in [-0.2, -0.15) is 13.2 Å². The van der Waals surface area contributed by atoms with Crippen LogP contribution in [0.3, 0.4) is 0 Å². The van der Waals surface area contributed by atoms with Crippen LogP contribution in [0, 0.1) is 6.92 Å². The van der Waals surface area contributed by atoms with Crippen molar-refractivity contribution in [2.45, 2.75) is 32.0 Å². The van der Waals surface area contributed by atoms with Crippen LogP contribution < -0.4 is 4.90 Å². The molecule has 0 radical (unpaired) electrons. The van der Waals surface area contributed by atoms with Crippen LogP contribution in [0.1, 0.15) is 24.2 Å². The van der Waals surface area contributed by atoms with Crippen LogP contribution in [0.15, 0.2) is 18.2 Å². The molecule has 1 N–H and O–H groups in total. The average Bonchev–Trinajstić information content (AvgIpc) is 2.93. The normalized spacial score (nSPS) is 19.1. The van der Waals surface area contributed by atoms with Gasteiger partial charge in [0.2, 0.25) is 0 Å². The van der Waals surface area contributed by atoms with Crippen LogP contribution >= 0.6 is 0 Å². The molecule has 0 amide bonds. The third-order valence-electron chi connectivity index (χ3n) is 3.98. The van der Waals surface area contributed by atoms with Crippen molar-refractivity contribution in [1.82, 2.24) is 9.97 Å². The highest BCUT2D eigenvalue weighted by molar-refractivity contribution is 5.90. The molecule has 118 valence electrons. The monoisotopic (exact) mass is 311 g/mol. The SMILES string of the molecule is Cc1nc(N2CCC[C@H]2CO)c2ccc(C(F)(F)F)cc2n1. The van der Waals surface area contributed by atoms with Crippen molar-refractivity contribution in [2.24, 2.45) is 0 Å². The number of aliphatic hydroxyl groups excluding tert-OH is 1. The fourth-order valence-electron chi connectivity index (χ4n) is 2.93. The molecule has 0 unspecified atom stereocenters. The van der Waals surface area contributed by atoms with Crippen LogP contribution in [-0.4, -0.2) is 34.3 Å². The quantitative estimate of drug-likeness (QED) is 0.926. The summed E-state index contributed by atoms with van der Waals surface area (Å²) in [5, 5.41) is 10.0. The number of fused-ring (bicyclic) bond motifs is 1. The van der Waals surface area contributed by atoms with E-state index >= 15 is 0 Å². The molecule has 2 heterocycles. The van der Waals surface area contributed by atoms with Gasteiger partial charge in [0, 0.05) is 11.9 Å². The minimum absolute atomic E-state index is 0.00514. The van der Waals surface area contributed by atoms with Crippen LogP contribution in [0.2, 0.25) is 0 Å². The highest BCUT2D eigenvalue weighted by Gasteiger charge is 2.32. The molecule has 1 atom stereocenters. The fraction of sp³-hybridized carbons (Fsp3) is 0.467. The number of alkyl halides is 3. The number of aromatic nitrogens is 2. The molecule has 2 aromatic rings. The maximum absolute atomic E-state index is 12.8.